The van der Waals surface area contributed by atoms with Gasteiger partial charge in [0.05, 0.1) is 11.3 Å². The molecule has 3 rings (SSSR count). The van der Waals surface area contributed by atoms with Gasteiger partial charge in [-0.15, -0.1) is 10.2 Å². The lowest BCUT2D eigenvalue weighted by Crippen LogP contribution is -1.97. The number of pyridine rings is 1. The quantitative estimate of drug-likeness (QED) is 0.670. The summed E-state index contributed by atoms with van der Waals surface area (Å²) in [7, 11) is 0. The van der Waals surface area contributed by atoms with E-state index in [1.807, 2.05) is 0 Å². The average Bonchev–Trinajstić information content (AvgIpc) is 2.78. The van der Waals surface area contributed by atoms with Gasteiger partial charge in [-0.3, -0.25) is 4.40 Å². The van der Waals surface area contributed by atoms with E-state index < -0.39 is 11.6 Å². The number of halogens is 2. The molecule has 2 N–H and O–H groups in total. The van der Waals surface area contributed by atoms with Crippen molar-refractivity contribution in [3.63, 3.8) is 0 Å². The highest BCUT2D eigenvalue weighted by Gasteiger charge is 2.14. The summed E-state index contributed by atoms with van der Waals surface area (Å²) in [5, 5.41) is 7.79. The first-order chi connectivity index (χ1) is 8.66. The van der Waals surface area contributed by atoms with E-state index in [2.05, 4.69) is 10.2 Å². The van der Waals surface area contributed by atoms with Crippen LogP contribution in [0.25, 0.3) is 17.0 Å². The fourth-order valence-corrected chi connectivity index (χ4v) is 1.76. The Morgan fingerprint density at radius 2 is 1.89 bits per heavy atom. The van der Waals surface area contributed by atoms with Gasteiger partial charge in [0.15, 0.2) is 11.5 Å². The monoisotopic (exact) mass is 246 g/mol. The Hall–Kier alpha value is -2.50. The van der Waals surface area contributed by atoms with Crippen LogP contribution in [0.2, 0.25) is 0 Å². The molecule has 0 bridgehead atoms. The predicted molar refractivity (Wildman–Crippen MR) is 62.8 cm³/mol. The molecule has 0 saturated heterocycles. The zero-order valence-corrected chi connectivity index (χ0v) is 9.14. The van der Waals surface area contributed by atoms with Gasteiger partial charge in [-0.05, 0) is 18.2 Å². The normalized spacial score (nSPS) is 11.0. The fraction of sp³-hybridized carbons (Fsp3) is 0. The van der Waals surface area contributed by atoms with Gasteiger partial charge < -0.3 is 5.73 Å². The van der Waals surface area contributed by atoms with Crippen LogP contribution >= 0.6 is 0 Å². The highest BCUT2D eigenvalue weighted by atomic mass is 19.1. The molecule has 0 radical (unpaired) electrons. The van der Waals surface area contributed by atoms with E-state index in [0.717, 1.165) is 6.07 Å². The van der Waals surface area contributed by atoms with Crippen molar-refractivity contribution in [2.75, 3.05) is 5.73 Å². The molecule has 0 aliphatic heterocycles. The molecular weight excluding hydrogens is 238 g/mol. The Kier molecular flexibility index (Phi) is 2.22. The lowest BCUT2D eigenvalue weighted by Gasteiger charge is -2.04. The third kappa shape index (κ3) is 1.50. The van der Waals surface area contributed by atoms with Crippen LogP contribution in [-0.4, -0.2) is 14.6 Å². The number of hydrogen-bond donors (Lipinski definition) is 1. The summed E-state index contributed by atoms with van der Waals surface area (Å²) in [4.78, 5) is 0. The molecule has 0 amide bonds. The van der Waals surface area contributed by atoms with Crippen molar-refractivity contribution in [3.8, 4) is 11.4 Å². The van der Waals surface area contributed by atoms with Crippen molar-refractivity contribution in [1.82, 2.24) is 14.6 Å². The number of rotatable bonds is 1. The highest BCUT2D eigenvalue weighted by molar-refractivity contribution is 5.64. The number of nitrogen functional groups attached to an aromatic ring is 1. The molecule has 90 valence electrons. The van der Waals surface area contributed by atoms with Gasteiger partial charge >= 0.3 is 0 Å². The maximum absolute atomic E-state index is 13.7. The minimum atomic E-state index is -0.787. The molecule has 2 aromatic heterocycles. The van der Waals surface area contributed by atoms with Crippen LogP contribution < -0.4 is 5.73 Å². The van der Waals surface area contributed by atoms with Crippen molar-refractivity contribution in [2.45, 2.75) is 0 Å². The summed E-state index contributed by atoms with van der Waals surface area (Å²) in [5.41, 5.74) is 6.01. The Labute approximate surface area is 101 Å². The maximum atomic E-state index is 13.7. The molecule has 1 aromatic carbocycles. The van der Waals surface area contributed by atoms with E-state index in [4.69, 9.17) is 5.73 Å². The zero-order valence-electron chi connectivity index (χ0n) is 9.14. The Morgan fingerprint density at radius 3 is 2.72 bits per heavy atom. The van der Waals surface area contributed by atoms with Gasteiger partial charge in [0.25, 0.3) is 0 Å². The Morgan fingerprint density at radius 1 is 1.06 bits per heavy atom. The van der Waals surface area contributed by atoms with Crippen LogP contribution in [0.1, 0.15) is 0 Å². The van der Waals surface area contributed by atoms with Crippen molar-refractivity contribution >= 4 is 11.3 Å². The van der Waals surface area contributed by atoms with Crippen molar-refractivity contribution < 1.29 is 8.78 Å². The summed E-state index contributed by atoms with van der Waals surface area (Å²) in [6.07, 6.45) is 1.70. The predicted octanol–water partition coefficient (Wildman–Crippen LogP) is 2.26. The SMILES string of the molecule is Nc1cc(-c2nnc3ccccn23)c(F)cc1F. The highest BCUT2D eigenvalue weighted by Crippen LogP contribution is 2.25. The van der Waals surface area contributed by atoms with Crippen LogP contribution in [-0.2, 0) is 0 Å². The number of fused-ring (bicyclic) bond motifs is 1. The minimum absolute atomic E-state index is 0.118. The Balaban J connectivity index is 2.29. The van der Waals surface area contributed by atoms with E-state index in [-0.39, 0.29) is 17.1 Å². The molecule has 0 atom stereocenters. The number of hydrogen-bond acceptors (Lipinski definition) is 3. The largest absolute Gasteiger partial charge is 0.396 e. The first-order valence-electron chi connectivity index (χ1n) is 5.21. The molecule has 2 heterocycles. The molecule has 0 fully saturated rings. The molecule has 3 aromatic rings. The van der Waals surface area contributed by atoms with E-state index in [1.54, 1.807) is 28.8 Å². The summed E-state index contributed by atoms with van der Waals surface area (Å²) in [6, 6.07) is 7.26. The third-order valence-electron chi connectivity index (χ3n) is 2.64. The zero-order chi connectivity index (χ0) is 12.7. The number of nitrogens with zero attached hydrogens (tertiary/aromatic N) is 3. The second-order valence-electron chi connectivity index (χ2n) is 3.81. The van der Waals surface area contributed by atoms with Crippen LogP contribution in [0.3, 0.4) is 0 Å². The summed E-state index contributed by atoms with van der Waals surface area (Å²) < 4.78 is 28.5. The molecule has 4 nitrogen and oxygen atoms in total. The van der Waals surface area contributed by atoms with Gasteiger partial charge in [0.2, 0.25) is 0 Å². The van der Waals surface area contributed by atoms with Gasteiger partial charge in [0.1, 0.15) is 11.6 Å². The molecule has 0 aliphatic rings. The number of nitrogens with two attached hydrogens (primary N) is 1. The third-order valence-corrected chi connectivity index (χ3v) is 2.64. The maximum Gasteiger partial charge on any atom is 0.171 e. The van der Waals surface area contributed by atoms with Crippen LogP contribution in [0.15, 0.2) is 36.5 Å². The summed E-state index contributed by atoms with van der Waals surface area (Å²) >= 11 is 0. The molecular formula is C12H8F2N4. The lowest BCUT2D eigenvalue weighted by molar-refractivity contribution is 0.587. The Bertz CT molecular complexity index is 736. The second-order valence-corrected chi connectivity index (χ2v) is 3.81. The molecule has 0 spiro atoms. The number of aromatic nitrogens is 3. The smallest absolute Gasteiger partial charge is 0.171 e. The minimum Gasteiger partial charge on any atom is -0.396 e. The molecule has 6 heteroatoms. The molecule has 18 heavy (non-hydrogen) atoms. The van der Waals surface area contributed by atoms with Gasteiger partial charge in [-0.25, -0.2) is 8.78 Å². The van der Waals surface area contributed by atoms with E-state index in [0.29, 0.717) is 5.65 Å². The van der Waals surface area contributed by atoms with Gasteiger partial charge in [0, 0.05) is 12.3 Å². The van der Waals surface area contributed by atoms with E-state index in [9.17, 15) is 8.78 Å². The van der Waals surface area contributed by atoms with Crippen molar-refractivity contribution in [2.24, 2.45) is 0 Å². The van der Waals surface area contributed by atoms with Gasteiger partial charge in [-0.1, -0.05) is 6.07 Å². The van der Waals surface area contributed by atoms with Crippen LogP contribution in [0.5, 0.6) is 0 Å². The lowest BCUT2D eigenvalue weighted by atomic mass is 10.1. The molecule has 0 saturated carbocycles. The van der Waals surface area contributed by atoms with Gasteiger partial charge in [-0.2, -0.15) is 0 Å². The summed E-state index contributed by atoms with van der Waals surface area (Å²) in [6.45, 7) is 0. The van der Waals surface area contributed by atoms with Crippen molar-refractivity contribution in [1.29, 1.82) is 0 Å². The van der Waals surface area contributed by atoms with Crippen molar-refractivity contribution in [3.05, 3.63) is 48.2 Å². The number of benzene rings is 1. The molecule has 0 unspecified atom stereocenters. The molecule has 0 aliphatic carbocycles. The van der Waals surface area contributed by atoms with E-state index >= 15 is 0 Å². The second kappa shape index (κ2) is 3.76. The van der Waals surface area contributed by atoms with Crippen LogP contribution in [0.4, 0.5) is 14.5 Å². The number of anilines is 1. The summed E-state index contributed by atoms with van der Waals surface area (Å²) in [5.74, 6) is -1.22. The first kappa shape index (κ1) is 10.6. The van der Waals surface area contributed by atoms with Crippen LogP contribution in [0, 0.1) is 11.6 Å². The standard InChI is InChI=1S/C12H8F2N4/c13-8-6-9(14)10(15)5-7(8)12-17-16-11-3-1-2-4-18(11)12/h1-6H,15H2. The topological polar surface area (TPSA) is 56.2 Å². The first-order valence-corrected chi connectivity index (χ1v) is 5.21. The van der Waals surface area contributed by atoms with E-state index in [1.165, 1.54) is 6.07 Å². The fourth-order valence-electron chi connectivity index (χ4n) is 1.76. The average molecular weight is 246 g/mol.